The highest BCUT2D eigenvalue weighted by molar-refractivity contribution is 6.99. The highest BCUT2D eigenvalue weighted by atomic mass is 28.4. The Kier molecular flexibility index (Phi) is 11.9. The van der Waals surface area contributed by atoms with Crippen LogP contribution in [-0.4, -0.2) is 46.7 Å². The van der Waals surface area contributed by atoms with Gasteiger partial charge in [-0.15, -0.1) is 0 Å². The fourth-order valence-corrected chi connectivity index (χ4v) is 12.1. The lowest BCUT2D eigenvalue weighted by molar-refractivity contribution is -0.159. The van der Waals surface area contributed by atoms with Gasteiger partial charge in [-0.1, -0.05) is 124 Å². The minimum Gasteiger partial charge on any atom is -0.490 e. The molecular formula is C45H49FO7Si. The minimum atomic E-state index is -2.82. The van der Waals surface area contributed by atoms with Crippen molar-refractivity contribution in [2.45, 2.75) is 71.1 Å². The van der Waals surface area contributed by atoms with Gasteiger partial charge in [-0.2, -0.15) is 0 Å². The van der Waals surface area contributed by atoms with Crippen LogP contribution in [0.1, 0.15) is 69.3 Å². The molecule has 5 aromatic rings. The van der Waals surface area contributed by atoms with E-state index >= 15 is 4.39 Å². The number of rotatable bonds is 13. The number of benzene rings is 5. The van der Waals surface area contributed by atoms with Crippen LogP contribution in [0.15, 0.2) is 115 Å². The Labute approximate surface area is 318 Å². The number of halogens is 1. The quantitative estimate of drug-likeness (QED) is 0.0677. The molecule has 9 heteroatoms. The molecule has 0 saturated heterocycles. The van der Waals surface area contributed by atoms with E-state index in [1.54, 1.807) is 0 Å². The van der Waals surface area contributed by atoms with Gasteiger partial charge in [0.1, 0.15) is 24.5 Å². The largest absolute Gasteiger partial charge is 0.490 e. The number of fused-ring (bicyclic) bond motifs is 1. The predicted octanol–water partition coefficient (Wildman–Crippen LogP) is 8.79. The lowest BCUT2D eigenvalue weighted by Crippen LogP contribution is -2.66. The van der Waals surface area contributed by atoms with Gasteiger partial charge in [-0.25, -0.2) is 9.18 Å². The first-order chi connectivity index (χ1) is 25.9. The molecule has 0 aromatic heterocycles. The van der Waals surface area contributed by atoms with Crippen molar-refractivity contribution in [2.24, 2.45) is 5.41 Å². The van der Waals surface area contributed by atoms with Gasteiger partial charge in [0, 0.05) is 12.1 Å². The van der Waals surface area contributed by atoms with Crippen LogP contribution in [0.5, 0.6) is 11.5 Å². The molecule has 0 radical (unpaired) electrons. The summed E-state index contributed by atoms with van der Waals surface area (Å²) in [5.41, 5.74) is 0.323. The van der Waals surface area contributed by atoms with Gasteiger partial charge in [0.05, 0.1) is 25.2 Å². The van der Waals surface area contributed by atoms with E-state index in [1.165, 1.54) is 19.2 Å². The predicted molar refractivity (Wildman–Crippen MR) is 212 cm³/mol. The van der Waals surface area contributed by atoms with Crippen LogP contribution in [0.4, 0.5) is 4.39 Å². The molecule has 0 heterocycles. The second-order valence-corrected chi connectivity index (χ2v) is 19.5. The van der Waals surface area contributed by atoms with Gasteiger partial charge in [0.25, 0.3) is 8.32 Å². The van der Waals surface area contributed by atoms with Crippen LogP contribution in [-0.2, 0) is 25.3 Å². The van der Waals surface area contributed by atoms with Crippen LogP contribution in [0.3, 0.4) is 0 Å². The zero-order chi connectivity index (χ0) is 38.3. The van der Waals surface area contributed by atoms with Gasteiger partial charge in [-0.3, -0.25) is 4.79 Å². The van der Waals surface area contributed by atoms with Crippen molar-refractivity contribution in [2.75, 3.05) is 20.3 Å². The van der Waals surface area contributed by atoms with E-state index < -0.39 is 25.5 Å². The molecule has 0 aliphatic heterocycles. The molecule has 1 fully saturated rings. The van der Waals surface area contributed by atoms with E-state index in [2.05, 4.69) is 45.0 Å². The first kappa shape index (κ1) is 38.7. The summed E-state index contributed by atoms with van der Waals surface area (Å²) >= 11 is 0. The molecule has 1 aliphatic carbocycles. The van der Waals surface area contributed by atoms with E-state index in [-0.39, 0.29) is 54.0 Å². The Bertz CT molecular complexity index is 2010. The fourth-order valence-electron chi connectivity index (χ4n) is 7.59. The maximum absolute atomic E-state index is 15.6. The molecule has 0 spiro atoms. The van der Waals surface area contributed by atoms with E-state index in [9.17, 15) is 9.59 Å². The topological polar surface area (TPSA) is 80.3 Å². The van der Waals surface area contributed by atoms with Crippen molar-refractivity contribution < 1.29 is 37.4 Å². The summed E-state index contributed by atoms with van der Waals surface area (Å²) in [7, 11) is -1.55. The molecule has 7 nitrogen and oxygen atoms in total. The highest BCUT2D eigenvalue weighted by Gasteiger charge is 2.50. The number of methoxy groups -OCH3 is 1. The summed E-state index contributed by atoms with van der Waals surface area (Å²) < 4.78 is 45.6. The average Bonchev–Trinajstić information content (AvgIpc) is 3.18. The summed E-state index contributed by atoms with van der Waals surface area (Å²) in [4.78, 5) is 26.2. The van der Waals surface area contributed by atoms with Crippen molar-refractivity contribution in [1.82, 2.24) is 0 Å². The molecule has 0 amide bonds. The first-order valence-corrected chi connectivity index (χ1v) is 20.5. The second kappa shape index (κ2) is 16.6. The Balaban J connectivity index is 1.10. The molecule has 0 atom stereocenters. The maximum atomic E-state index is 15.6. The second-order valence-electron chi connectivity index (χ2n) is 15.2. The van der Waals surface area contributed by atoms with Crippen molar-refractivity contribution in [3.63, 3.8) is 0 Å². The summed E-state index contributed by atoms with van der Waals surface area (Å²) in [6.07, 6.45) is 1.72. The zero-order valence-corrected chi connectivity index (χ0v) is 32.7. The monoisotopic (exact) mass is 748 g/mol. The molecule has 0 N–H and O–H groups in total. The van der Waals surface area contributed by atoms with Crippen molar-refractivity contribution in [3.8, 4) is 11.5 Å². The molecule has 54 heavy (non-hydrogen) atoms. The Morgan fingerprint density at radius 2 is 1.41 bits per heavy atom. The molecule has 282 valence electrons. The van der Waals surface area contributed by atoms with E-state index in [0.29, 0.717) is 25.7 Å². The molecule has 1 aliphatic rings. The normalized spacial score (nSPS) is 17.5. The van der Waals surface area contributed by atoms with Crippen LogP contribution in [0.25, 0.3) is 10.8 Å². The summed E-state index contributed by atoms with van der Waals surface area (Å²) in [6.45, 7) is 8.96. The number of hydrogen-bond acceptors (Lipinski definition) is 7. The average molecular weight is 749 g/mol. The molecule has 1 saturated carbocycles. The van der Waals surface area contributed by atoms with Crippen molar-refractivity contribution >= 4 is 41.4 Å². The summed E-state index contributed by atoms with van der Waals surface area (Å²) in [6, 6.07) is 37.0. The molecule has 0 unspecified atom stereocenters. The molecule has 6 rings (SSSR count). The van der Waals surface area contributed by atoms with E-state index in [4.69, 9.17) is 23.4 Å². The summed E-state index contributed by atoms with van der Waals surface area (Å²) in [5, 5.41) is 4.19. The number of ether oxygens (including phenoxy) is 4. The fraction of sp³-hybridized carbons (Fsp3) is 0.333. The first-order valence-electron chi connectivity index (χ1n) is 18.6. The maximum Gasteiger partial charge on any atom is 0.341 e. The third-order valence-corrected chi connectivity index (χ3v) is 15.6. The molecule has 5 aromatic carbocycles. The summed E-state index contributed by atoms with van der Waals surface area (Å²) in [5.74, 6) is -1.61. The van der Waals surface area contributed by atoms with Crippen LogP contribution in [0.2, 0.25) is 5.04 Å². The minimum absolute atomic E-state index is 0.0444. The van der Waals surface area contributed by atoms with E-state index in [0.717, 1.165) is 26.7 Å². The van der Waals surface area contributed by atoms with Crippen LogP contribution < -0.4 is 19.8 Å². The Hall–Kier alpha value is -4.99. The van der Waals surface area contributed by atoms with Gasteiger partial charge in [0.15, 0.2) is 11.6 Å². The van der Waals surface area contributed by atoms with Crippen LogP contribution in [0, 0.1) is 11.2 Å². The van der Waals surface area contributed by atoms with Crippen molar-refractivity contribution in [1.29, 1.82) is 0 Å². The number of esters is 2. The molecule has 0 bridgehead atoms. The SMILES string of the molecule is COC(=O)c1cc(O[C@H]2CC[C@@](C)(C(=O)OCc3cccc4ccccc34)CC2)c(F)cc1OCCO[Si](c1ccccc1)(c1ccccc1)C(C)(C)C. The Morgan fingerprint density at radius 3 is 2.04 bits per heavy atom. The molecular weight excluding hydrogens is 700 g/mol. The third-order valence-electron chi connectivity index (χ3n) is 10.6. The van der Waals surface area contributed by atoms with Gasteiger partial charge >= 0.3 is 11.9 Å². The zero-order valence-electron chi connectivity index (χ0n) is 31.7. The third kappa shape index (κ3) is 8.22. The highest BCUT2D eigenvalue weighted by Crippen LogP contribution is 2.40. The number of carbonyl (C=O) groups excluding carboxylic acids is 2. The lowest BCUT2D eigenvalue weighted by Gasteiger charge is -2.43. The standard InChI is InChI=1S/C45H49FO7Si/c1-44(2,3)54(35-18-8-6-9-19-35,36-20-10-7-11-21-36)52-28-27-50-40-30-39(46)41(29-38(40)42(47)49-5)53-34-23-25-45(4,26-24-34)43(48)51-31-33-17-14-16-32-15-12-13-22-37(32)33/h6-22,29-30,34H,23-28,31H2,1-5H3/t34-,45+. The smallest absolute Gasteiger partial charge is 0.341 e. The van der Waals surface area contributed by atoms with Gasteiger partial charge < -0.3 is 23.4 Å². The number of carbonyl (C=O) groups is 2. The van der Waals surface area contributed by atoms with Crippen molar-refractivity contribution in [3.05, 3.63) is 132 Å². The van der Waals surface area contributed by atoms with Crippen LogP contribution >= 0.6 is 0 Å². The van der Waals surface area contributed by atoms with Gasteiger partial charge in [0.2, 0.25) is 0 Å². The number of hydrogen-bond donors (Lipinski definition) is 0. The Morgan fingerprint density at radius 1 is 0.796 bits per heavy atom. The van der Waals surface area contributed by atoms with Gasteiger partial charge in [-0.05, 0) is 64.4 Å². The van der Waals surface area contributed by atoms with E-state index in [1.807, 2.05) is 85.8 Å². The lowest BCUT2D eigenvalue weighted by atomic mass is 9.74.